The molecule has 0 fully saturated rings. The van der Waals surface area contributed by atoms with Crippen molar-refractivity contribution in [3.05, 3.63) is 215 Å². The van der Waals surface area contributed by atoms with E-state index in [2.05, 4.69) is 206 Å². The van der Waals surface area contributed by atoms with Crippen LogP contribution in [0.4, 0.5) is 34.1 Å². The number of hydrogen-bond acceptors (Lipinski definition) is 2. The van der Waals surface area contributed by atoms with Gasteiger partial charge in [0.05, 0.1) is 0 Å². The van der Waals surface area contributed by atoms with E-state index in [-0.39, 0.29) is 10.8 Å². The average Bonchev–Trinajstić information content (AvgIpc) is 3.88. The maximum absolute atomic E-state index is 2.55. The van der Waals surface area contributed by atoms with E-state index in [0.29, 0.717) is 0 Å². The van der Waals surface area contributed by atoms with E-state index >= 15 is 0 Å². The predicted octanol–water partition coefficient (Wildman–Crippen LogP) is 14.3. The number of nitrogens with zero attached hydrogens (tertiary/aromatic N) is 2. The van der Waals surface area contributed by atoms with Gasteiger partial charge < -0.3 is 9.80 Å². The molecule has 0 amide bonds. The van der Waals surface area contributed by atoms with Gasteiger partial charge in [0.1, 0.15) is 0 Å². The number of aryl methyl sites for hydroxylation is 2. The number of benzene rings is 8. The van der Waals surface area contributed by atoms with E-state index in [4.69, 9.17) is 0 Å². The first-order valence-corrected chi connectivity index (χ1v) is 20.2. The molecule has 270 valence electrons. The van der Waals surface area contributed by atoms with Crippen molar-refractivity contribution >= 4 is 44.9 Å². The van der Waals surface area contributed by atoms with Gasteiger partial charge in [-0.05, 0) is 154 Å². The summed E-state index contributed by atoms with van der Waals surface area (Å²) in [6.07, 6.45) is 4.49. The zero-order chi connectivity index (χ0) is 37.4. The van der Waals surface area contributed by atoms with Gasteiger partial charge in [-0.25, -0.2) is 0 Å². The fourth-order valence-electron chi connectivity index (χ4n) is 10.5. The fraction of sp³-hybridized carbons (Fsp3) is 0.148. The Kier molecular flexibility index (Phi) is 7.41. The summed E-state index contributed by atoms with van der Waals surface area (Å²) in [5.74, 6) is 0. The third-order valence-electron chi connectivity index (χ3n) is 13.2. The quantitative estimate of drug-likeness (QED) is 0.169. The third kappa shape index (κ3) is 4.95. The van der Waals surface area contributed by atoms with Gasteiger partial charge >= 0.3 is 0 Å². The van der Waals surface area contributed by atoms with Crippen molar-refractivity contribution in [1.29, 1.82) is 0 Å². The minimum Gasteiger partial charge on any atom is -0.310 e. The highest BCUT2D eigenvalue weighted by Gasteiger charge is 2.45. The molecule has 11 rings (SSSR count). The summed E-state index contributed by atoms with van der Waals surface area (Å²) in [6.45, 7) is 4.76. The molecule has 3 aliphatic rings. The number of para-hydroxylation sites is 3. The maximum atomic E-state index is 2.55. The van der Waals surface area contributed by atoms with Gasteiger partial charge in [0.2, 0.25) is 0 Å². The Hall–Kier alpha value is -6.38. The zero-order valence-corrected chi connectivity index (χ0v) is 32.0. The molecule has 0 aromatic heterocycles. The van der Waals surface area contributed by atoms with Crippen molar-refractivity contribution in [2.75, 3.05) is 9.80 Å². The summed E-state index contributed by atoms with van der Waals surface area (Å²) >= 11 is 0. The molecule has 8 aromatic rings. The Morgan fingerprint density at radius 1 is 0.393 bits per heavy atom. The highest BCUT2D eigenvalue weighted by Crippen LogP contribution is 2.56. The molecule has 0 N–H and O–H groups in total. The van der Waals surface area contributed by atoms with E-state index < -0.39 is 0 Å². The second-order valence-electron chi connectivity index (χ2n) is 16.5. The van der Waals surface area contributed by atoms with Crippen molar-refractivity contribution in [1.82, 2.24) is 0 Å². The van der Waals surface area contributed by atoms with Crippen LogP contribution >= 0.6 is 0 Å². The van der Waals surface area contributed by atoms with E-state index in [1.165, 1.54) is 89.4 Å². The average molecular weight is 721 g/mol. The minimum atomic E-state index is -0.0733. The van der Waals surface area contributed by atoms with Crippen molar-refractivity contribution < 1.29 is 0 Å². The van der Waals surface area contributed by atoms with Crippen LogP contribution in [0.25, 0.3) is 21.9 Å². The number of anilines is 6. The van der Waals surface area contributed by atoms with Crippen LogP contribution in [0.5, 0.6) is 0 Å². The molecule has 0 saturated carbocycles. The van der Waals surface area contributed by atoms with Crippen LogP contribution in [0.1, 0.15) is 60.1 Å². The molecule has 1 atom stereocenters. The van der Waals surface area contributed by atoms with Gasteiger partial charge in [-0.3, -0.25) is 0 Å². The molecule has 0 heterocycles. The summed E-state index contributed by atoms with van der Waals surface area (Å²) in [7, 11) is 0. The standard InChI is InChI=1S/C54H44N2/c1-53(2)48-29-27-43(34-47(48)52-46-21-13-12-14-37(46)24-28-49(52)53)56(42-19-10-5-11-20-42)45-26-23-39-31-33-54(51(39)36-45)32-30-38-22-25-44(35-50(38)54)55(40-15-6-3-7-16-40)41-17-8-4-9-18-41/h3-29,34-36H,30-33H2,1-2H3/t54-/m1/s1. The van der Waals surface area contributed by atoms with Crippen LogP contribution in [0, 0.1) is 0 Å². The van der Waals surface area contributed by atoms with Crippen molar-refractivity contribution in [3.63, 3.8) is 0 Å². The maximum Gasteiger partial charge on any atom is 0.0468 e. The van der Waals surface area contributed by atoms with Crippen LogP contribution in [0.3, 0.4) is 0 Å². The summed E-state index contributed by atoms with van der Waals surface area (Å²) in [4.78, 5) is 4.90. The van der Waals surface area contributed by atoms with E-state index in [1.54, 1.807) is 0 Å². The second-order valence-corrected chi connectivity index (χ2v) is 16.5. The molecule has 2 nitrogen and oxygen atoms in total. The highest BCUT2D eigenvalue weighted by molar-refractivity contribution is 6.03. The summed E-state index contributed by atoms with van der Waals surface area (Å²) in [5.41, 5.74) is 18.5. The summed E-state index contributed by atoms with van der Waals surface area (Å²) in [6, 6.07) is 67.9. The van der Waals surface area contributed by atoms with E-state index in [9.17, 15) is 0 Å². The van der Waals surface area contributed by atoms with Crippen LogP contribution in [0.15, 0.2) is 182 Å². The number of hydrogen-bond donors (Lipinski definition) is 0. The topological polar surface area (TPSA) is 6.48 Å². The van der Waals surface area contributed by atoms with E-state index in [1.807, 2.05) is 0 Å². The lowest BCUT2D eigenvalue weighted by Crippen LogP contribution is -2.22. The van der Waals surface area contributed by atoms with Crippen molar-refractivity contribution in [3.8, 4) is 11.1 Å². The Labute approximate surface area is 330 Å². The summed E-state index contributed by atoms with van der Waals surface area (Å²) in [5, 5.41) is 2.62. The Morgan fingerprint density at radius 3 is 1.43 bits per heavy atom. The fourth-order valence-corrected chi connectivity index (χ4v) is 10.5. The first-order valence-electron chi connectivity index (χ1n) is 20.2. The Morgan fingerprint density at radius 2 is 0.857 bits per heavy atom. The SMILES string of the molecule is CC1(C)c2ccc(N(c3ccccc3)c3ccc4c(c3)[C@]3(CCc5ccc(N(c6ccccc6)c6ccccc6)cc53)CC4)cc2-c2c1ccc1ccccc21. The zero-order valence-electron chi connectivity index (χ0n) is 32.0. The molecule has 1 spiro atoms. The first kappa shape index (κ1) is 33.0. The molecule has 0 bridgehead atoms. The number of rotatable bonds is 6. The molecule has 56 heavy (non-hydrogen) atoms. The summed E-state index contributed by atoms with van der Waals surface area (Å²) < 4.78 is 0. The van der Waals surface area contributed by atoms with Crippen molar-refractivity contribution in [2.24, 2.45) is 0 Å². The first-order chi connectivity index (χ1) is 27.5. The smallest absolute Gasteiger partial charge is 0.0468 e. The third-order valence-corrected chi connectivity index (χ3v) is 13.2. The lowest BCUT2D eigenvalue weighted by atomic mass is 9.76. The molecule has 0 unspecified atom stereocenters. The minimum absolute atomic E-state index is 0.0160. The van der Waals surface area contributed by atoms with E-state index in [0.717, 1.165) is 25.7 Å². The molecule has 8 aromatic carbocycles. The van der Waals surface area contributed by atoms with Gasteiger partial charge in [0.25, 0.3) is 0 Å². The largest absolute Gasteiger partial charge is 0.310 e. The molecule has 0 saturated heterocycles. The van der Waals surface area contributed by atoms with Gasteiger partial charge in [0, 0.05) is 45.0 Å². The molecule has 0 aliphatic heterocycles. The monoisotopic (exact) mass is 720 g/mol. The molecule has 2 heteroatoms. The molecular formula is C54H44N2. The molecular weight excluding hydrogens is 677 g/mol. The predicted molar refractivity (Wildman–Crippen MR) is 235 cm³/mol. The van der Waals surface area contributed by atoms with Gasteiger partial charge in [-0.2, -0.15) is 0 Å². The lowest BCUT2D eigenvalue weighted by molar-refractivity contribution is 0.507. The lowest BCUT2D eigenvalue weighted by Gasteiger charge is -2.32. The number of fused-ring (bicyclic) bond motifs is 9. The van der Waals surface area contributed by atoms with Gasteiger partial charge in [-0.15, -0.1) is 0 Å². The van der Waals surface area contributed by atoms with Crippen LogP contribution in [-0.4, -0.2) is 0 Å². The van der Waals surface area contributed by atoms with Gasteiger partial charge in [-0.1, -0.05) is 123 Å². The van der Waals surface area contributed by atoms with Crippen LogP contribution in [0.2, 0.25) is 0 Å². The van der Waals surface area contributed by atoms with Crippen LogP contribution < -0.4 is 9.80 Å². The van der Waals surface area contributed by atoms with Gasteiger partial charge in [0.15, 0.2) is 0 Å². The Balaban J connectivity index is 1.05. The van der Waals surface area contributed by atoms with Crippen LogP contribution in [-0.2, 0) is 23.7 Å². The molecule has 0 radical (unpaired) electrons. The normalized spacial score (nSPS) is 17.0. The Bertz CT molecular complexity index is 2740. The molecule has 3 aliphatic carbocycles. The van der Waals surface area contributed by atoms with Crippen molar-refractivity contribution in [2.45, 2.75) is 50.4 Å². The second kappa shape index (κ2) is 12.6. The highest BCUT2D eigenvalue weighted by atomic mass is 15.1.